The second kappa shape index (κ2) is 5.01. The van der Waals surface area contributed by atoms with Gasteiger partial charge in [0.15, 0.2) is 0 Å². The van der Waals surface area contributed by atoms with Crippen molar-refractivity contribution in [2.75, 3.05) is 0 Å². The second-order valence-electron chi connectivity index (χ2n) is 4.34. The Morgan fingerprint density at radius 2 is 1.24 bits per heavy atom. The van der Waals surface area contributed by atoms with Crippen LogP contribution < -0.4 is 0 Å². The van der Waals surface area contributed by atoms with E-state index in [0.29, 0.717) is 0 Å². The van der Waals surface area contributed by atoms with E-state index in [1.54, 1.807) is 0 Å². The topological polar surface area (TPSA) is 0 Å². The van der Waals surface area contributed by atoms with Gasteiger partial charge in [-0.15, -0.1) is 0 Å². The van der Waals surface area contributed by atoms with Crippen molar-refractivity contribution >= 4 is 0 Å². The van der Waals surface area contributed by atoms with Gasteiger partial charge in [0.1, 0.15) is 0 Å². The molecule has 1 radical (unpaired) electrons. The molecule has 2 aromatic carbocycles. The third-order valence-corrected chi connectivity index (χ3v) is 3.20. The fourth-order valence-electron chi connectivity index (χ4n) is 2.16. The Kier molecular flexibility index (Phi) is 3.43. The van der Waals surface area contributed by atoms with Crippen LogP contribution >= 0.6 is 0 Å². The highest BCUT2D eigenvalue weighted by molar-refractivity contribution is 5.43. The molecule has 0 N–H and O–H groups in total. The number of allylic oxidation sites excluding steroid dienone is 2. The molecule has 0 atom stereocenters. The largest absolute Gasteiger partial charge is 0.0870 e. The average molecular weight is 221 g/mol. The third kappa shape index (κ3) is 2.31. The summed E-state index contributed by atoms with van der Waals surface area (Å²) in [6.07, 6.45) is 4.03. The van der Waals surface area contributed by atoms with Crippen molar-refractivity contribution in [2.24, 2.45) is 0 Å². The minimum absolute atomic E-state index is 0.107. The van der Waals surface area contributed by atoms with Gasteiger partial charge in [-0.3, -0.25) is 0 Å². The zero-order valence-corrected chi connectivity index (χ0v) is 10.1. The maximum Gasteiger partial charge on any atom is 0.0353 e. The summed E-state index contributed by atoms with van der Waals surface area (Å²) in [6, 6.07) is 21.0. The molecule has 0 unspecified atom stereocenters. The normalized spacial score (nSPS) is 11.9. The van der Waals surface area contributed by atoms with Crippen molar-refractivity contribution in [3.63, 3.8) is 0 Å². The van der Waals surface area contributed by atoms with Gasteiger partial charge in [-0.2, -0.15) is 0 Å². The first-order chi connectivity index (χ1) is 8.27. The summed E-state index contributed by atoms with van der Waals surface area (Å²) in [5.74, 6) is 0. The summed E-state index contributed by atoms with van der Waals surface area (Å²) in [5.41, 5.74) is 2.46. The highest BCUT2D eigenvalue weighted by Crippen LogP contribution is 2.33. The third-order valence-electron chi connectivity index (χ3n) is 3.20. The van der Waals surface area contributed by atoms with Gasteiger partial charge in [-0.1, -0.05) is 72.8 Å². The number of hydrogen-bond acceptors (Lipinski definition) is 0. The van der Waals surface area contributed by atoms with Gasteiger partial charge in [0.25, 0.3) is 0 Å². The van der Waals surface area contributed by atoms with Crippen LogP contribution in [0.1, 0.15) is 18.1 Å². The minimum Gasteiger partial charge on any atom is -0.0870 e. The van der Waals surface area contributed by atoms with Crippen LogP contribution in [0.3, 0.4) is 0 Å². The van der Waals surface area contributed by atoms with Crippen molar-refractivity contribution in [1.82, 2.24) is 0 Å². The van der Waals surface area contributed by atoms with Gasteiger partial charge in [-0.05, 0) is 25.0 Å². The summed E-state index contributed by atoms with van der Waals surface area (Å²) < 4.78 is 0. The molecule has 85 valence electrons. The first-order valence-electron chi connectivity index (χ1n) is 5.85. The maximum atomic E-state index is 3.84. The van der Waals surface area contributed by atoms with Crippen LogP contribution in [0, 0.1) is 6.92 Å². The number of benzene rings is 2. The van der Waals surface area contributed by atoms with Crippen LogP contribution in [0.5, 0.6) is 0 Å². The van der Waals surface area contributed by atoms with Crippen molar-refractivity contribution < 1.29 is 0 Å². The SMILES string of the molecule is [CH2]/C=C/C(C)(c1ccccc1)c1ccccc1. The number of hydrogen-bond donors (Lipinski definition) is 0. The van der Waals surface area contributed by atoms with Crippen LogP contribution in [0.25, 0.3) is 0 Å². The Hall–Kier alpha value is -1.82. The molecule has 0 aliphatic heterocycles. The predicted molar refractivity (Wildman–Crippen MR) is 73.8 cm³/mol. The molecule has 2 rings (SSSR count). The molecule has 0 nitrogen and oxygen atoms in total. The molecule has 0 aliphatic carbocycles. The molecular formula is C17H17. The highest BCUT2D eigenvalue weighted by Gasteiger charge is 2.24. The van der Waals surface area contributed by atoms with E-state index in [1.807, 2.05) is 18.2 Å². The molecule has 2 aromatic rings. The molecule has 0 saturated carbocycles. The summed E-state index contributed by atoms with van der Waals surface area (Å²) in [6.45, 7) is 6.06. The van der Waals surface area contributed by atoms with Crippen LogP contribution in [-0.2, 0) is 5.41 Å². The molecule has 0 spiro atoms. The first-order valence-corrected chi connectivity index (χ1v) is 5.85. The molecule has 0 bridgehead atoms. The summed E-state index contributed by atoms with van der Waals surface area (Å²) in [5, 5.41) is 0. The van der Waals surface area contributed by atoms with E-state index in [1.165, 1.54) is 11.1 Å². The van der Waals surface area contributed by atoms with Gasteiger partial charge in [0.2, 0.25) is 0 Å². The van der Waals surface area contributed by atoms with Gasteiger partial charge in [0.05, 0.1) is 0 Å². The second-order valence-corrected chi connectivity index (χ2v) is 4.34. The van der Waals surface area contributed by atoms with Gasteiger partial charge in [-0.25, -0.2) is 0 Å². The molecule has 0 aliphatic rings. The van der Waals surface area contributed by atoms with Crippen molar-refractivity contribution in [3.8, 4) is 0 Å². The fourth-order valence-corrected chi connectivity index (χ4v) is 2.16. The van der Waals surface area contributed by atoms with Crippen LogP contribution in [0.4, 0.5) is 0 Å². The van der Waals surface area contributed by atoms with E-state index in [-0.39, 0.29) is 5.41 Å². The molecule has 0 aromatic heterocycles. The van der Waals surface area contributed by atoms with Crippen LogP contribution in [0.2, 0.25) is 0 Å². The van der Waals surface area contributed by atoms with Crippen molar-refractivity contribution in [3.05, 3.63) is 90.9 Å². The van der Waals surface area contributed by atoms with Crippen molar-refractivity contribution in [2.45, 2.75) is 12.3 Å². The monoisotopic (exact) mass is 221 g/mol. The standard InChI is InChI=1S/C17H17/c1-3-14-17(2,15-10-6-4-7-11-15)16-12-8-5-9-13-16/h3-14H,1H2,2H3/b14-3+. The van der Waals surface area contributed by atoms with E-state index >= 15 is 0 Å². The molecule has 0 fully saturated rings. The lowest BCUT2D eigenvalue weighted by atomic mass is 9.76. The Balaban J connectivity index is 2.55. The fraction of sp³-hybridized carbons (Fsp3) is 0.118. The quantitative estimate of drug-likeness (QED) is 0.721. The van der Waals surface area contributed by atoms with E-state index < -0.39 is 0 Å². The Morgan fingerprint density at radius 1 is 0.824 bits per heavy atom. The smallest absolute Gasteiger partial charge is 0.0353 e. The average Bonchev–Trinajstić information content (AvgIpc) is 2.41. The summed E-state index contributed by atoms with van der Waals surface area (Å²) in [4.78, 5) is 0. The molecule has 0 heterocycles. The van der Waals surface area contributed by atoms with Gasteiger partial charge >= 0.3 is 0 Å². The lowest BCUT2D eigenvalue weighted by Gasteiger charge is -2.27. The van der Waals surface area contributed by atoms with Gasteiger partial charge < -0.3 is 0 Å². The van der Waals surface area contributed by atoms with Crippen LogP contribution in [0.15, 0.2) is 72.8 Å². The molecular weight excluding hydrogens is 204 g/mol. The Labute approximate surface area is 104 Å². The predicted octanol–water partition coefficient (Wildman–Crippen LogP) is 4.38. The Morgan fingerprint density at radius 3 is 1.59 bits per heavy atom. The lowest BCUT2D eigenvalue weighted by Crippen LogP contribution is -2.20. The molecule has 0 saturated heterocycles. The zero-order valence-electron chi connectivity index (χ0n) is 10.1. The highest BCUT2D eigenvalue weighted by atomic mass is 14.3. The van der Waals surface area contributed by atoms with E-state index in [0.717, 1.165) is 0 Å². The van der Waals surface area contributed by atoms with Crippen LogP contribution in [-0.4, -0.2) is 0 Å². The van der Waals surface area contributed by atoms with E-state index in [4.69, 9.17) is 0 Å². The number of rotatable bonds is 3. The molecule has 17 heavy (non-hydrogen) atoms. The molecule has 0 heteroatoms. The minimum atomic E-state index is -0.107. The summed E-state index contributed by atoms with van der Waals surface area (Å²) >= 11 is 0. The van der Waals surface area contributed by atoms with E-state index in [9.17, 15) is 0 Å². The molecule has 0 amide bonds. The Bertz CT molecular complexity index is 440. The summed E-state index contributed by atoms with van der Waals surface area (Å²) in [7, 11) is 0. The van der Waals surface area contributed by atoms with Gasteiger partial charge in [0, 0.05) is 5.41 Å². The lowest BCUT2D eigenvalue weighted by molar-refractivity contribution is 0.724. The van der Waals surface area contributed by atoms with Crippen molar-refractivity contribution in [1.29, 1.82) is 0 Å². The van der Waals surface area contributed by atoms with E-state index in [2.05, 4.69) is 68.5 Å². The first kappa shape index (κ1) is 11.7. The maximum absolute atomic E-state index is 3.84. The zero-order chi connectivity index (χ0) is 12.1.